The second-order valence-corrected chi connectivity index (χ2v) is 11.5. The molecule has 2 fully saturated rings. The Kier molecular flexibility index (Phi) is 7.75. The van der Waals surface area contributed by atoms with Crippen molar-refractivity contribution in [1.29, 1.82) is 0 Å². The van der Waals surface area contributed by atoms with Crippen molar-refractivity contribution in [3.05, 3.63) is 53.1 Å². The quantitative estimate of drug-likeness (QED) is 0.511. The molecule has 0 saturated carbocycles. The van der Waals surface area contributed by atoms with E-state index in [1.165, 1.54) is 10.5 Å². The summed E-state index contributed by atoms with van der Waals surface area (Å²) in [5.41, 5.74) is 1.97. The summed E-state index contributed by atoms with van der Waals surface area (Å²) in [6.45, 7) is 2.98. The molecule has 1 amide bonds. The third kappa shape index (κ3) is 5.87. The number of likely N-dealkylation sites (tertiary alicyclic amines) is 1. The van der Waals surface area contributed by atoms with Gasteiger partial charge in [0.25, 0.3) is 5.91 Å². The second kappa shape index (κ2) is 10.5. The molecular weight excluding hydrogens is 511 g/mol. The Morgan fingerprint density at radius 3 is 2.11 bits per heavy atom. The Hall–Kier alpha value is -2.79. The van der Waals surface area contributed by atoms with Crippen molar-refractivity contribution < 1.29 is 40.6 Å². The van der Waals surface area contributed by atoms with Crippen LogP contribution in [-0.4, -0.2) is 71.2 Å². The van der Waals surface area contributed by atoms with Gasteiger partial charge in [0.2, 0.25) is 0 Å². The van der Waals surface area contributed by atoms with Gasteiger partial charge in [-0.1, -0.05) is 24.3 Å². The maximum absolute atomic E-state index is 13.5. The van der Waals surface area contributed by atoms with Crippen molar-refractivity contribution in [2.75, 3.05) is 39.7 Å². The number of hydrogen-bond donors (Lipinski definition) is 0. The number of halogens is 3. The average molecular weight is 542 g/mol. The molecular formula is C26H30F3NO6S. The largest absolute Gasteiger partial charge is 0.494 e. The molecule has 0 bridgehead atoms. The van der Waals surface area contributed by atoms with Gasteiger partial charge < -0.3 is 19.1 Å². The van der Waals surface area contributed by atoms with E-state index in [9.17, 15) is 26.4 Å². The topological polar surface area (TPSA) is 82.1 Å². The molecule has 11 heteroatoms. The molecule has 0 radical (unpaired) electrons. The molecule has 4 rings (SSSR count). The van der Waals surface area contributed by atoms with E-state index in [-0.39, 0.29) is 27.9 Å². The first-order valence-corrected chi connectivity index (χ1v) is 13.9. The predicted molar refractivity (Wildman–Crippen MR) is 130 cm³/mol. The van der Waals surface area contributed by atoms with E-state index >= 15 is 0 Å². The van der Waals surface area contributed by atoms with Crippen molar-refractivity contribution >= 4 is 15.7 Å². The minimum Gasteiger partial charge on any atom is -0.494 e. The lowest BCUT2D eigenvalue weighted by Gasteiger charge is -2.40. The summed E-state index contributed by atoms with van der Waals surface area (Å²) in [7, 11) is -2.67. The number of alkyl halides is 3. The highest BCUT2D eigenvalue weighted by atomic mass is 32.2. The number of nitrogens with zero attached hydrogens (tertiary/aromatic N) is 1. The fourth-order valence-corrected chi connectivity index (χ4v) is 5.52. The van der Waals surface area contributed by atoms with Gasteiger partial charge in [-0.05, 0) is 48.9 Å². The normalized spacial score (nSPS) is 18.3. The van der Waals surface area contributed by atoms with Crippen LogP contribution in [0.5, 0.6) is 11.5 Å². The van der Waals surface area contributed by atoms with Gasteiger partial charge in [0, 0.05) is 38.5 Å². The maximum atomic E-state index is 13.5. The van der Waals surface area contributed by atoms with Gasteiger partial charge in [-0.25, -0.2) is 8.42 Å². The Bertz CT molecular complexity index is 1230. The molecule has 1 atom stereocenters. The number of ether oxygens (including phenoxy) is 3. The molecule has 7 nitrogen and oxygen atoms in total. The van der Waals surface area contributed by atoms with E-state index in [1.54, 1.807) is 0 Å². The number of carbonyl (C=O) groups excluding carboxylic acids is 1. The number of carbonyl (C=O) groups is 1. The zero-order valence-corrected chi connectivity index (χ0v) is 21.7. The summed E-state index contributed by atoms with van der Waals surface area (Å²) in [5, 5.41) is 0. The van der Waals surface area contributed by atoms with Crippen molar-refractivity contribution in [3.8, 4) is 11.5 Å². The van der Waals surface area contributed by atoms with Crippen LogP contribution in [0.3, 0.4) is 0 Å². The summed E-state index contributed by atoms with van der Waals surface area (Å²) in [6, 6.07) is 10.4. The summed E-state index contributed by atoms with van der Waals surface area (Å²) < 4.78 is 79.9. The van der Waals surface area contributed by atoms with E-state index in [0.29, 0.717) is 19.0 Å². The van der Waals surface area contributed by atoms with Gasteiger partial charge in [0.1, 0.15) is 16.2 Å². The second-order valence-electron chi connectivity index (χ2n) is 9.50. The molecule has 0 aromatic heterocycles. The summed E-state index contributed by atoms with van der Waals surface area (Å²) in [4.78, 5) is 14.6. The Balaban J connectivity index is 1.56. The zero-order valence-electron chi connectivity index (χ0n) is 20.9. The molecule has 2 aromatic rings. The minimum absolute atomic E-state index is 0.0511. The van der Waals surface area contributed by atoms with E-state index in [2.05, 4.69) is 12.1 Å². The standard InChI is InChI=1S/C26H30F3NO6S/c1-16(26(27,28)29)36-21-8-9-22(37(3,32)33)24(34-2)23(21)25(31)30-14-20(15-30)18-6-4-17(5-7-18)19-10-12-35-13-11-19/h4-9,16,19-20H,10-15H2,1-3H3/t16-/m1/s1. The molecule has 0 aliphatic carbocycles. The SMILES string of the molecule is COc1c(S(C)(=O)=O)ccc(O[C@H](C)C(F)(F)F)c1C(=O)N1CC(c2ccc(C3CCOCC3)cc2)C1. The van der Waals surface area contributed by atoms with E-state index in [0.717, 1.165) is 64.0 Å². The van der Waals surface area contributed by atoms with Crippen LogP contribution in [0.2, 0.25) is 0 Å². The lowest BCUT2D eigenvalue weighted by molar-refractivity contribution is -0.189. The van der Waals surface area contributed by atoms with Crippen LogP contribution in [0.4, 0.5) is 13.2 Å². The van der Waals surface area contributed by atoms with Crippen molar-refractivity contribution in [1.82, 2.24) is 4.90 Å². The first-order valence-electron chi connectivity index (χ1n) is 12.0. The number of hydrogen-bond acceptors (Lipinski definition) is 6. The van der Waals surface area contributed by atoms with Gasteiger partial charge in [-0.2, -0.15) is 13.2 Å². The molecule has 0 N–H and O–H groups in total. The van der Waals surface area contributed by atoms with Crippen molar-refractivity contribution in [2.24, 2.45) is 0 Å². The Labute approximate surface area is 214 Å². The lowest BCUT2D eigenvalue weighted by Crippen LogP contribution is -2.48. The van der Waals surface area contributed by atoms with Crippen LogP contribution in [-0.2, 0) is 14.6 Å². The molecule has 37 heavy (non-hydrogen) atoms. The van der Waals surface area contributed by atoms with Gasteiger partial charge in [-0.3, -0.25) is 4.79 Å². The molecule has 202 valence electrons. The Morgan fingerprint density at radius 2 is 1.59 bits per heavy atom. The van der Waals surface area contributed by atoms with Gasteiger partial charge >= 0.3 is 6.18 Å². The van der Waals surface area contributed by atoms with Crippen molar-refractivity contribution in [2.45, 2.75) is 48.8 Å². The average Bonchev–Trinajstić information content (AvgIpc) is 2.82. The summed E-state index contributed by atoms with van der Waals surface area (Å²) in [5.74, 6) is -0.849. The number of sulfone groups is 1. The zero-order chi connectivity index (χ0) is 27.0. The van der Waals surface area contributed by atoms with Crippen LogP contribution in [0, 0.1) is 0 Å². The molecule has 0 unspecified atom stereocenters. The number of benzene rings is 2. The highest BCUT2D eigenvalue weighted by Gasteiger charge is 2.41. The highest BCUT2D eigenvalue weighted by molar-refractivity contribution is 7.90. The molecule has 2 aromatic carbocycles. The van der Waals surface area contributed by atoms with Crippen molar-refractivity contribution in [3.63, 3.8) is 0 Å². The predicted octanol–water partition coefficient (Wildman–Crippen LogP) is 4.56. The number of methoxy groups -OCH3 is 1. The van der Waals surface area contributed by atoms with Crippen LogP contribution < -0.4 is 9.47 Å². The smallest absolute Gasteiger partial charge is 0.425 e. The van der Waals surface area contributed by atoms with Crippen LogP contribution in [0.15, 0.2) is 41.3 Å². The van der Waals surface area contributed by atoms with Crippen LogP contribution >= 0.6 is 0 Å². The lowest BCUT2D eigenvalue weighted by atomic mass is 9.87. The third-order valence-electron chi connectivity index (χ3n) is 6.93. The third-order valence-corrected chi connectivity index (χ3v) is 8.06. The molecule has 2 aliphatic rings. The number of amides is 1. The first-order chi connectivity index (χ1) is 17.4. The highest BCUT2D eigenvalue weighted by Crippen LogP contribution is 2.40. The van der Waals surface area contributed by atoms with E-state index < -0.39 is 28.0 Å². The maximum Gasteiger partial charge on any atom is 0.425 e. The first kappa shape index (κ1) is 27.3. The van der Waals surface area contributed by atoms with Gasteiger partial charge in [0.05, 0.1) is 7.11 Å². The van der Waals surface area contributed by atoms with Crippen LogP contribution in [0.1, 0.15) is 53.1 Å². The molecule has 0 spiro atoms. The molecule has 2 heterocycles. The van der Waals surface area contributed by atoms with Crippen LogP contribution in [0.25, 0.3) is 0 Å². The Morgan fingerprint density at radius 1 is 1.03 bits per heavy atom. The monoisotopic (exact) mass is 541 g/mol. The fraction of sp³-hybridized carbons (Fsp3) is 0.500. The molecule has 2 aliphatic heterocycles. The van der Waals surface area contributed by atoms with Gasteiger partial charge in [-0.15, -0.1) is 0 Å². The van der Waals surface area contributed by atoms with E-state index in [4.69, 9.17) is 14.2 Å². The fourth-order valence-electron chi connectivity index (χ4n) is 4.68. The summed E-state index contributed by atoms with van der Waals surface area (Å²) in [6.07, 6.45) is -4.00. The summed E-state index contributed by atoms with van der Waals surface area (Å²) >= 11 is 0. The van der Waals surface area contributed by atoms with Gasteiger partial charge in [0.15, 0.2) is 21.7 Å². The minimum atomic E-state index is -4.68. The molecule has 2 saturated heterocycles. The number of rotatable bonds is 7. The van der Waals surface area contributed by atoms with E-state index in [1.807, 2.05) is 12.1 Å².